The van der Waals surface area contributed by atoms with Crippen molar-refractivity contribution < 1.29 is 19.7 Å². The van der Waals surface area contributed by atoms with Crippen LogP contribution in [0.2, 0.25) is 5.02 Å². The van der Waals surface area contributed by atoms with Gasteiger partial charge in [-0.3, -0.25) is 4.79 Å². The molecule has 1 unspecified atom stereocenters. The topological polar surface area (TPSA) is 111 Å². The normalized spacial score (nSPS) is 22.5. The molecule has 1 aromatic heterocycles. The van der Waals surface area contributed by atoms with Gasteiger partial charge in [-0.1, -0.05) is 17.7 Å². The van der Waals surface area contributed by atoms with E-state index in [0.717, 1.165) is 31.4 Å². The Labute approximate surface area is 204 Å². The van der Waals surface area contributed by atoms with Crippen molar-refractivity contribution in [2.45, 2.75) is 63.3 Å². The highest BCUT2D eigenvalue weighted by atomic mass is 35.5. The van der Waals surface area contributed by atoms with Gasteiger partial charge in [0.1, 0.15) is 11.4 Å². The smallest absolute Gasteiger partial charge is 0.227 e. The number of carbonyl (C=O) groups excluding carboxylic acids is 1. The summed E-state index contributed by atoms with van der Waals surface area (Å²) in [5.41, 5.74) is 1.53. The first-order chi connectivity index (χ1) is 16.5. The molecular formula is C24H32ClN5O4. The van der Waals surface area contributed by atoms with E-state index in [0.29, 0.717) is 60.5 Å². The molecule has 4 rings (SSSR count). The molecule has 1 saturated heterocycles. The third-order valence-electron chi connectivity index (χ3n) is 6.73. The number of nitrogens with one attached hydrogen (secondary N) is 1. The number of halogens is 1. The highest BCUT2D eigenvalue weighted by Gasteiger charge is 2.30. The molecule has 1 saturated carbocycles. The van der Waals surface area contributed by atoms with Crippen LogP contribution in [0.1, 0.15) is 44.1 Å². The number of aliphatic hydroxyl groups excluding tert-OH is 2. The summed E-state index contributed by atoms with van der Waals surface area (Å²) in [6, 6.07) is 5.52. The first-order valence-electron chi connectivity index (χ1n) is 11.8. The maximum Gasteiger partial charge on any atom is 0.227 e. The van der Waals surface area contributed by atoms with Crippen molar-refractivity contribution in [3.8, 4) is 5.75 Å². The van der Waals surface area contributed by atoms with Crippen molar-refractivity contribution in [3.63, 3.8) is 0 Å². The van der Waals surface area contributed by atoms with E-state index >= 15 is 0 Å². The monoisotopic (exact) mass is 489 g/mol. The number of nitrogens with zero attached hydrogens (tertiary/aromatic N) is 4. The zero-order chi connectivity index (χ0) is 24.1. The molecule has 10 heteroatoms. The molecule has 0 bridgehead atoms. The maximum absolute atomic E-state index is 12.2. The fraction of sp³-hybridized carbons (Fsp3) is 0.542. The first kappa shape index (κ1) is 24.5. The second kappa shape index (κ2) is 11.2. The van der Waals surface area contributed by atoms with E-state index in [-0.39, 0.29) is 24.8 Å². The van der Waals surface area contributed by atoms with Crippen LogP contribution in [0.3, 0.4) is 0 Å². The number of rotatable bonds is 9. The summed E-state index contributed by atoms with van der Waals surface area (Å²) < 4.78 is 5.23. The average Bonchev–Trinajstić information content (AvgIpc) is 3.34. The van der Waals surface area contributed by atoms with Crippen LogP contribution < -0.4 is 19.9 Å². The molecule has 184 valence electrons. The highest BCUT2D eigenvalue weighted by molar-refractivity contribution is 6.32. The van der Waals surface area contributed by atoms with E-state index in [4.69, 9.17) is 21.3 Å². The third-order valence-corrected chi connectivity index (χ3v) is 7.02. The Bertz CT molecular complexity index is 986. The molecule has 1 aromatic carbocycles. The average molecular weight is 490 g/mol. The molecule has 0 spiro atoms. The van der Waals surface area contributed by atoms with Crippen molar-refractivity contribution in [2.24, 2.45) is 0 Å². The number of amides is 1. The third kappa shape index (κ3) is 5.37. The van der Waals surface area contributed by atoms with Gasteiger partial charge in [0.25, 0.3) is 0 Å². The molecule has 1 aliphatic heterocycles. The molecule has 2 heterocycles. The fourth-order valence-electron chi connectivity index (χ4n) is 4.79. The van der Waals surface area contributed by atoms with Crippen molar-refractivity contribution >= 4 is 35.5 Å². The minimum Gasteiger partial charge on any atom is -0.495 e. The maximum atomic E-state index is 12.2. The Kier molecular flexibility index (Phi) is 8.07. The highest BCUT2D eigenvalue weighted by Crippen LogP contribution is 2.33. The zero-order valence-electron chi connectivity index (χ0n) is 19.4. The molecule has 2 fully saturated rings. The van der Waals surface area contributed by atoms with Gasteiger partial charge in [-0.15, -0.1) is 0 Å². The van der Waals surface area contributed by atoms with Crippen molar-refractivity contribution in [2.75, 3.05) is 35.4 Å². The zero-order valence-corrected chi connectivity index (χ0v) is 20.1. The van der Waals surface area contributed by atoms with Crippen molar-refractivity contribution in [1.29, 1.82) is 0 Å². The molecule has 2 aromatic rings. The van der Waals surface area contributed by atoms with Crippen LogP contribution in [0.15, 0.2) is 24.4 Å². The minimum atomic E-state index is -0.314. The van der Waals surface area contributed by atoms with Gasteiger partial charge in [0.05, 0.1) is 37.1 Å². The molecule has 3 N–H and O–H groups in total. The molecule has 0 radical (unpaired) electrons. The molecule has 1 amide bonds. The summed E-state index contributed by atoms with van der Waals surface area (Å²) in [5.74, 6) is 1.67. The van der Waals surface area contributed by atoms with Gasteiger partial charge in [0.15, 0.2) is 5.82 Å². The van der Waals surface area contributed by atoms with E-state index in [1.165, 1.54) is 0 Å². The van der Waals surface area contributed by atoms with Gasteiger partial charge >= 0.3 is 0 Å². The number of aliphatic hydroxyl groups is 2. The first-order valence-corrected chi connectivity index (χ1v) is 12.1. The summed E-state index contributed by atoms with van der Waals surface area (Å²) in [5, 5.41) is 23.5. The molecule has 1 atom stereocenters. The Hall–Kier alpha value is -2.62. The largest absolute Gasteiger partial charge is 0.495 e. The standard InChI is InChI=1S/C24H32ClN5O4/c1-34-22-9-4-16(11-20(22)25)12-26-23-21(30(15-32)17-5-7-19(33)8-6-17)13-27-24(28-23)29-10-2-3-18(29)14-31/h4,9,11,13,15,17-19,31,33H,2-3,5-8,10,12,14H2,1H3,(H,26,27,28). The van der Waals surface area contributed by atoms with Crippen molar-refractivity contribution in [3.05, 3.63) is 35.0 Å². The lowest BCUT2D eigenvalue weighted by Gasteiger charge is -2.34. The van der Waals surface area contributed by atoms with Crippen molar-refractivity contribution in [1.82, 2.24) is 9.97 Å². The predicted octanol–water partition coefficient (Wildman–Crippen LogP) is 2.98. The number of anilines is 3. The van der Waals surface area contributed by atoms with E-state index in [2.05, 4.69) is 10.3 Å². The van der Waals surface area contributed by atoms with Crippen LogP contribution in [0.5, 0.6) is 5.75 Å². The van der Waals surface area contributed by atoms with Gasteiger partial charge < -0.3 is 30.1 Å². The quantitative estimate of drug-likeness (QED) is 0.461. The number of methoxy groups -OCH3 is 1. The van der Waals surface area contributed by atoms with Gasteiger partial charge in [0, 0.05) is 19.1 Å². The summed E-state index contributed by atoms with van der Waals surface area (Å²) in [4.78, 5) is 25.2. The Morgan fingerprint density at radius 3 is 2.76 bits per heavy atom. The van der Waals surface area contributed by atoms with Crippen LogP contribution in [-0.4, -0.2) is 65.0 Å². The van der Waals surface area contributed by atoms with Crippen LogP contribution in [0.25, 0.3) is 0 Å². The molecule has 34 heavy (non-hydrogen) atoms. The van der Waals surface area contributed by atoms with Crippen LogP contribution in [-0.2, 0) is 11.3 Å². The molecule has 2 aliphatic rings. The fourth-order valence-corrected chi connectivity index (χ4v) is 5.07. The van der Waals surface area contributed by atoms with E-state index in [1.807, 2.05) is 23.1 Å². The van der Waals surface area contributed by atoms with Crippen LogP contribution in [0, 0.1) is 0 Å². The SMILES string of the molecule is COc1ccc(CNc2nc(N3CCCC3CO)ncc2N(C=O)C2CCC(O)CC2)cc1Cl. The van der Waals surface area contributed by atoms with Gasteiger partial charge in [0.2, 0.25) is 12.4 Å². The number of hydrogen-bond acceptors (Lipinski definition) is 8. The Morgan fingerprint density at radius 2 is 2.09 bits per heavy atom. The minimum absolute atomic E-state index is 0.0129. The molecular weight excluding hydrogens is 458 g/mol. The second-order valence-corrected chi connectivity index (χ2v) is 9.28. The lowest BCUT2D eigenvalue weighted by atomic mass is 9.92. The van der Waals surface area contributed by atoms with Crippen LogP contribution in [0.4, 0.5) is 17.5 Å². The number of ether oxygens (including phenoxy) is 1. The number of carbonyl (C=O) groups is 1. The predicted molar refractivity (Wildman–Crippen MR) is 132 cm³/mol. The number of aromatic nitrogens is 2. The summed E-state index contributed by atoms with van der Waals surface area (Å²) in [6.45, 7) is 1.26. The van der Waals surface area contributed by atoms with Gasteiger partial charge in [-0.25, -0.2) is 4.98 Å². The number of hydrogen-bond donors (Lipinski definition) is 3. The van der Waals surface area contributed by atoms with E-state index in [9.17, 15) is 15.0 Å². The lowest BCUT2D eigenvalue weighted by molar-refractivity contribution is -0.108. The second-order valence-electron chi connectivity index (χ2n) is 8.87. The number of benzene rings is 1. The Balaban J connectivity index is 1.63. The van der Waals surface area contributed by atoms with Gasteiger partial charge in [-0.05, 0) is 56.2 Å². The lowest BCUT2D eigenvalue weighted by Crippen LogP contribution is -2.39. The van der Waals surface area contributed by atoms with E-state index < -0.39 is 0 Å². The summed E-state index contributed by atoms with van der Waals surface area (Å²) >= 11 is 6.29. The van der Waals surface area contributed by atoms with Crippen LogP contribution >= 0.6 is 11.6 Å². The Morgan fingerprint density at radius 1 is 1.29 bits per heavy atom. The van der Waals surface area contributed by atoms with Gasteiger partial charge in [-0.2, -0.15) is 4.98 Å². The summed E-state index contributed by atoms with van der Waals surface area (Å²) in [7, 11) is 1.57. The summed E-state index contributed by atoms with van der Waals surface area (Å²) in [6.07, 6.45) is 6.79. The van der Waals surface area contributed by atoms with E-state index in [1.54, 1.807) is 18.2 Å². The molecule has 9 nitrogen and oxygen atoms in total. The molecule has 1 aliphatic carbocycles.